The van der Waals surface area contributed by atoms with E-state index in [1.54, 1.807) is 24.1 Å². The first kappa shape index (κ1) is 14.5. The number of nitrogens with zero attached hydrogens (tertiary/aromatic N) is 2. The molecule has 2 heterocycles. The number of carbonyl (C=O) groups excluding carboxylic acids is 1. The molecule has 114 valence electrons. The summed E-state index contributed by atoms with van der Waals surface area (Å²) in [5.74, 6) is -0.513. The summed E-state index contributed by atoms with van der Waals surface area (Å²) >= 11 is 1.74. The molecule has 1 unspecified atom stereocenters. The van der Waals surface area contributed by atoms with Crippen molar-refractivity contribution in [2.75, 3.05) is 19.6 Å². The van der Waals surface area contributed by atoms with Gasteiger partial charge in [-0.3, -0.25) is 4.79 Å². The van der Waals surface area contributed by atoms with Gasteiger partial charge in [0.1, 0.15) is 11.8 Å². The van der Waals surface area contributed by atoms with E-state index < -0.39 is 12.0 Å². The van der Waals surface area contributed by atoms with E-state index in [0.717, 1.165) is 6.54 Å². The van der Waals surface area contributed by atoms with Crippen LogP contribution in [0, 0.1) is 0 Å². The van der Waals surface area contributed by atoms with Crippen molar-refractivity contribution in [2.24, 2.45) is 0 Å². The smallest absolute Gasteiger partial charge is 0.326 e. The van der Waals surface area contributed by atoms with Crippen LogP contribution in [0.5, 0.6) is 0 Å². The minimum absolute atomic E-state index is 0.117. The molecule has 0 bridgehead atoms. The predicted octanol–water partition coefficient (Wildman–Crippen LogP) is 1.23. The average molecular weight is 310 g/mol. The van der Waals surface area contributed by atoms with Gasteiger partial charge in [0.25, 0.3) is 0 Å². The Morgan fingerprint density at radius 3 is 2.86 bits per heavy atom. The molecule has 1 saturated heterocycles. The third-order valence-corrected chi connectivity index (χ3v) is 5.06. The van der Waals surface area contributed by atoms with Gasteiger partial charge >= 0.3 is 5.97 Å². The lowest BCUT2D eigenvalue weighted by molar-refractivity contribution is -0.152. The second kappa shape index (κ2) is 6.11. The summed E-state index contributed by atoms with van der Waals surface area (Å²) in [5, 5.41) is 10.1. The van der Waals surface area contributed by atoms with E-state index >= 15 is 0 Å². The van der Waals surface area contributed by atoms with Crippen LogP contribution in [-0.4, -0.2) is 57.1 Å². The van der Waals surface area contributed by atoms with Gasteiger partial charge in [0, 0.05) is 24.8 Å². The van der Waals surface area contributed by atoms with Crippen molar-refractivity contribution in [3.05, 3.63) is 24.2 Å². The van der Waals surface area contributed by atoms with Crippen LogP contribution in [0.3, 0.4) is 0 Å². The Balaban J connectivity index is 1.62. The topological polar surface area (TPSA) is 74.0 Å². The normalized spacial score (nSPS) is 21.5. The standard InChI is InChI=1S/C14H18N2O4S/c17-13-9-15(21-11-3-4-11)5-6-16(13)12(14(18)19)8-10-2-1-7-20-10/h1-2,7,11-12H,3-6,8-9H2,(H,18,19). The molecule has 1 aliphatic carbocycles. The van der Waals surface area contributed by atoms with Crippen molar-refractivity contribution in [1.82, 2.24) is 9.21 Å². The Morgan fingerprint density at radius 2 is 2.29 bits per heavy atom. The Morgan fingerprint density at radius 1 is 1.48 bits per heavy atom. The predicted molar refractivity (Wildman–Crippen MR) is 77.7 cm³/mol. The number of furan rings is 1. The van der Waals surface area contributed by atoms with Crippen LogP contribution in [0.25, 0.3) is 0 Å². The summed E-state index contributed by atoms with van der Waals surface area (Å²) in [4.78, 5) is 25.2. The molecule has 3 rings (SSSR count). The van der Waals surface area contributed by atoms with Crippen molar-refractivity contribution >= 4 is 23.8 Å². The molecular formula is C14H18N2O4S. The molecule has 21 heavy (non-hydrogen) atoms. The number of carbonyl (C=O) groups is 2. The van der Waals surface area contributed by atoms with Gasteiger partial charge < -0.3 is 14.4 Å². The van der Waals surface area contributed by atoms with E-state index in [1.165, 1.54) is 24.0 Å². The van der Waals surface area contributed by atoms with Gasteiger partial charge in [-0.25, -0.2) is 9.10 Å². The number of aliphatic carboxylic acids is 1. The van der Waals surface area contributed by atoms with Gasteiger partial charge in [0.2, 0.25) is 5.91 Å². The molecule has 0 radical (unpaired) electrons. The molecule has 1 aliphatic heterocycles. The van der Waals surface area contributed by atoms with Crippen molar-refractivity contribution in [3.63, 3.8) is 0 Å². The summed E-state index contributed by atoms with van der Waals surface area (Å²) in [6.07, 6.45) is 4.16. The number of hydrogen-bond donors (Lipinski definition) is 1. The SMILES string of the molecule is O=C(O)C(Cc1ccco1)N1CCN(SC2CC2)CC1=O. The summed E-state index contributed by atoms with van der Waals surface area (Å²) < 4.78 is 7.26. The van der Waals surface area contributed by atoms with Gasteiger partial charge in [-0.1, -0.05) is 11.9 Å². The minimum atomic E-state index is -0.983. The Kier molecular flexibility index (Phi) is 4.21. The maximum atomic E-state index is 12.3. The first-order chi connectivity index (χ1) is 10.1. The van der Waals surface area contributed by atoms with E-state index in [2.05, 4.69) is 4.31 Å². The van der Waals surface area contributed by atoms with Gasteiger partial charge in [0.15, 0.2) is 0 Å². The highest BCUT2D eigenvalue weighted by Crippen LogP contribution is 2.36. The highest BCUT2D eigenvalue weighted by atomic mass is 32.2. The Bertz CT molecular complexity index is 515. The van der Waals surface area contributed by atoms with Crippen molar-refractivity contribution in [3.8, 4) is 0 Å². The van der Waals surface area contributed by atoms with Gasteiger partial charge in [-0.15, -0.1) is 0 Å². The zero-order valence-corrected chi connectivity index (χ0v) is 12.4. The lowest BCUT2D eigenvalue weighted by Crippen LogP contribution is -2.55. The van der Waals surface area contributed by atoms with Crippen LogP contribution in [0.15, 0.2) is 22.8 Å². The minimum Gasteiger partial charge on any atom is -0.480 e. The fourth-order valence-electron chi connectivity index (χ4n) is 2.42. The summed E-state index contributed by atoms with van der Waals surface area (Å²) in [6, 6.07) is 2.61. The molecular weight excluding hydrogens is 292 g/mol. The van der Waals surface area contributed by atoms with E-state index in [-0.39, 0.29) is 12.3 Å². The molecule has 1 amide bonds. The summed E-state index contributed by atoms with van der Waals surface area (Å²) in [5.41, 5.74) is 0. The lowest BCUT2D eigenvalue weighted by atomic mass is 10.1. The van der Waals surface area contributed by atoms with Crippen molar-refractivity contribution in [1.29, 1.82) is 0 Å². The highest BCUT2D eigenvalue weighted by molar-refractivity contribution is 7.97. The van der Waals surface area contributed by atoms with Crippen molar-refractivity contribution < 1.29 is 19.1 Å². The van der Waals surface area contributed by atoms with Crippen molar-refractivity contribution in [2.45, 2.75) is 30.6 Å². The second-order valence-electron chi connectivity index (χ2n) is 5.39. The third kappa shape index (κ3) is 3.59. The lowest BCUT2D eigenvalue weighted by Gasteiger charge is -2.36. The first-order valence-corrected chi connectivity index (χ1v) is 7.93. The van der Waals surface area contributed by atoms with Crippen LogP contribution < -0.4 is 0 Å². The third-order valence-electron chi connectivity index (χ3n) is 3.68. The number of carboxylic acids is 1. The number of piperazine rings is 1. The number of amides is 1. The quantitative estimate of drug-likeness (QED) is 0.797. The maximum absolute atomic E-state index is 12.3. The van der Waals surface area contributed by atoms with Crippen LogP contribution in [-0.2, 0) is 16.0 Å². The molecule has 1 N–H and O–H groups in total. The van der Waals surface area contributed by atoms with Gasteiger partial charge in [-0.05, 0) is 25.0 Å². The highest BCUT2D eigenvalue weighted by Gasteiger charge is 2.36. The molecule has 1 aromatic heterocycles. The molecule has 1 saturated carbocycles. The number of hydrogen-bond acceptors (Lipinski definition) is 5. The van der Waals surface area contributed by atoms with Gasteiger partial charge in [0.05, 0.1) is 12.8 Å². The summed E-state index contributed by atoms with van der Waals surface area (Å²) in [6.45, 7) is 1.47. The van der Waals surface area contributed by atoms with E-state index in [0.29, 0.717) is 24.1 Å². The van der Waals surface area contributed by atoms with Gasteiger partial charge in [-0.2, -0.15) is 0 Å². The van der Waals surface area contributed by atoms with Crippen LogP contribution >= 0.6 is 11.9 Å². The fourth-order valence-corrected chi connectivity index (χ4v) is 3.56. The van der Waals surface area contributed by atoms with E-state index in [9.17, 15) is 14.7 Å². The average Bonchev–Trinajstić information content (AvgIpc) is 3.10. The molecule has 2 aliphatic rings. The molecule has 7 heteroatoms. The maximum Gasteiger partial charge on any atom is 0.326 e. The van der Waals surface area contributed by atoms with Crippen LogP contribution in [0.4, 0.5) is 0 Å². The zero-order chi connectivity index (χ0) is 14.8. The second-order valence-corrected chi connectivity index (χ2v) is 6.79. The zero-order valence-electron chi connectivity index (χ0n) is 11.6. The summed E-state index contributed by atoms with van der Waals surface area (Å²) in [7, 11) is 0. The Hall–Kier alpha value is -1.47. The molecule has 0 spiro atoms. The van der Waals surface area contributed by atoms with E-state index in [4.69, 9.17) is 4.42 Å². The Labute approximate surface area is 127 Å². The van der Waals surface area contributed by atoms with Crippen LogP contribution in [0.1, 0.15) is 18.6 Å². The molecule has 0 aromatic carbocycles. The first-order valence-electron chi connectivity index (χ1n) is 7.10. The van der Waals surface area contributed by atoms with E-state index in [1.807, 2.05) is 0 Å². The fraction of sp³-hybridized carbons (Fsp3) is 0.571. The largest absolute Gasteiger partial charge is 0.480 e. The monoisotopic (exact) mass is 310 g/mol. The molecule has 1 atom stereocenters. The number of carboxylic acid groups (broad SMARTS) is 1. The molecule has 2 fully saturated rings. The molecule has 1 aromatic rings. The number of rotatable bonds is 6. The molecule has 6 nitrogen and oxygen atoms in total. The van der Waals surface area contributed by atoms with Crippen LogP contribution in [0.2, 0.25) is 0 Å².